The smallest absolute Gasteiger partial charge is 0.207 e. The fourth-order valence-electron chi connectivity index (χ4n) is 3.20. The molecule has 3 rings (SSSR count). The van der Waals surface area contributed by atoms with Crippen molar-refractivity contribution in [3.63, 3.8) is 0 Å². The quantitative estimate of drug-likeness (QED) is 0.766. The normalized spacial score (nSPS) is 20.4. The highest BCUT2D eigenvalue weighted by Gasteiger charge is 2.29. The highest BCUT2D eigenvalue weighted by molar-refractivity contribution is 7.89. The molecule has 0 amide bonds. The van der Waals surface area contributed by atoms with Gasteiger partial charge in [0.2, 0.25) is 20.0 Å². The van der Waals surface area contributed by atoms with Crippen LogP contribution in [-0.4, -0.2) is 34.2 Å². The summed E-state index contributed by atoms with van der Waals surface area (Å²) >= 11 is 1.48. The second-order valence-corrected chi connectivity index (χ2v) is 11.6. The molecule has 1 saturated heterocycles. The van der Waals surface area contributed by atoms with Gasteiger partial charge in [-0.2, -0.15) is 4.31 Å². The summed E-state index contributed by atoms with van der Waals surface area (Å²) in [5.74, 6) is 0.330. The molecule has 1 aromatic heterocycles. The van der Waals surface area contributed by atoms with Gasteiger partial charge in [0.15, 0.2) is 0 Å². The number of piperidine rings is 1. The lowest BCUT2D eigenvalue weighted by Gasteiger charge is -2.30. The Morgan fingerprint density at radius 1 is 1.11 bits per heavy atom. The summed E-state index contributed by atoms with van der Waals surface area (Å²) in [7, 11) is -7.33. The monoisotopic (exact) mass is 428 g/mol. The molecular formula is C18H24N2O4S3. The van der Waals surface area contributed by atoms with Gasteiger partial charge in [0.1, 0.15) is 0 Å². The van der Waals surface area contributed by atoms with Crippen LogP contribution >= 0.6 is 11.3 Å². The molecule has 1 aliphatic heterocycles. The molecule has 2 heterocycles. The van der Waals surface area contributed by atoms with Crippen molar-refractivity contribution in [1.82, 2.24) is 9.03 Å². The molecule has 0 saturated carbocycles. The third-order valence-corrected chi connectivity index (χ3v) is 9.18. The topological polar surface area (TPSA) is 83.6 Å². The van der Waals surface area contributed by atoms with Crippen molar-refractivity contribution in [2.24, 2.45) is 5.92 Å². The van der Waals surface area contributed by atoms with Crippen LogP contribution < -0.4 is 4.72 Å². The molecule has 148 valence electrons. The molecule has 0 spiro atoms. The maximum atomic E-state index is 12.8. The predicted molar refractivity (Wildman–Crippen MR) is 107 cm³/mol. The van der Waals surface area contributed by atoms with Crippen LogP contribution in [0.4, 0.5) is 0 Å². The van der Waals surface area contributed by atoms with E-state index in [1.54, 1.807) is 6.92 Å². The predicted octanol–water partition coefficient (Wildman–Crippen LogP) is 3.21. The molecule has 0 unspecified atom stereocenters. The van der Waals surface area contributed by atoms with Gasteiger partial charge >= 0.3 is 0 Å². The number of hydrogen-bond acceptors (Lipinski definition) is 5. The van der Waals surface area contributed by atoms with Crippen molar-refractivity contribution in [3.05, 3.63) is 46.7 Å². The summed E-state index contributed by atoms with van der Waals surface area (Å²) in [4.78, 5) is 1.09. The van der Waals surface area contributed by atoms with Gasteiger partial charge in [-0.15, -0.1) is 11.3 Å². The second-order valence-electron chi connectivity index (χ2n) is 6.94. The van der Waals surface area contributed by atoms with Crippen molar-refractivity contribution in [2.75, 3.05) is 13.1 Å². The molecule has 9 heteroatoms. The number of hydrogen-bond donors (Lipinski definition) is 1. The molecule has 0 bridgehead atoms. The summed E-state index contributed by atoms with van der Waals surface area (Å²) in [6.45, 7) is 4.83. The fraction of sp³-hybridized carbons (Fsp3) is 0.444. The minimum atomic E-state index is -3.73. The zero-order valence-electron chi connectivity index (χ0n) is 15.3. The van der Waals surface area contributed by atoms with Gasteiger partial charge in [-0.1, -0.05) is 13.0 Å². The number of benzene rings is 1. The van der Waals surface area contributed by atoms with Crippen LogP contribution in [0.5, 0.6) is 0 Å². The Bertz CT molecular complexity index is 968. The van der Waals surface area contributed by atoms with E-state index in [1.807, 2.05) is 24.4 Å². The molecule has 2 aromatic rings. The van der Waals surface area contributed by atoms with Crippen LogP contribution in [0, 0.1) is 5.92 Å². The highest BCUT2D eigenvalue weighted by atomic mass is 32.2. The molecule has 6 nitrogen and oxygen atoms in total. The van der Waals surface area contributed by atoms with E-state index in [0.29, 0.717) is 19.0 Å². The molecule has 1 aromatic carbocycles. The number of nitrogens with zero attached hydrogens (tertiary/aromatic N) is 1. The zero-order chi connectivity index (χ0) is 19.7. The zero-order valence-corrected chi connectivity index (χ0v) is 17.8. The minimum Gasteiger partial charge on any atom is -0.207 e. The van der Waals surface area contributed by atoms with Crippen molar-refractivity contribution in [2.45, 2.75) is 42.5 Å². The summed E-state index contributed by atoms with van der Waals surface area (Å²) < 4.78 is 54.8. The fourth-order valence-corrected chi connectivity index (χ4v) is 6.83. The van der Waals surface area contributed by atoms with E-state index < -0.39 is 20.0 Å². The summed E-state index contributed by atoms with van der Waals surface area (Å²) in [5.41, 5.74) is 0. The molecule has 1 fully saturated rings. The molecule has 27 heavy (non-hydrogen) atoms. The van der Waals surface area contributed by atoms with Crippen molar-refractivity contribution < 1.29 is 16.8 Å². The molecule has 1 N–H and O–H groups in total. The Morgan fingerprint density at radius 3 is 2.37 bits per heavy atom. The first-order chi connectivity index (χ1) is 12.7. The molecular weight excluding hydrogens is 404 g/mol. The summed E-state index contributed by atoms with van der Waals surface area (Å²) in [6.07, 6.45) is 1.87. The van der Waals surface area contributed by atoms with E-state index in [9.17, 15) is 16.8 Å². The average Bonchev–Trinajstić information content (AvgIpc) is 3.16. The second kappa shape index (κ2) is 8.00. The first-order valence-corrected chi connectivity index (χ1v) is 12.7. The van der Waals surface area contributed by atoms with Crippen LogP contribution in [0.15, 0.2) is 51.6 Å². The largest absolute Gasteiger partial charge is 0.243 e. The Balaban J connectivity index is 1.78. The Morgan fingerprint density at radius 2 is 1.78 bits per heavy atom. The number of thiophene rings is 1. The average molecular weight is 429 g/mol. The van der Waals surface area contributed by atoms with Crippen molar-refractivity contribution in [1.29, 1.82) is 0 Å². The standard InChI is InChI=1S/C18H24N2O4S3/c1-14-5-3-11-20(13-14)27(23,24)17-9-7-16(8-10-17)26(21,22)19-15(2)18-6-4-12-25-18/h4,6-10,12,14-15,19H,3,5,11,13H2,1-2H3/t14-,15+/m1/s1. The first-order valence-electron chi connectivity index (χ1n) is 8.86. The number of nitrogens with one attached hydrogen (secondary N) is 1. The molecule has 0 aliphatic carbocycles. The Labute approximate surface area is 165 Å². The lowest BCUT2D eigenvalue weighted by molar-refractivity contribution is 0.281. The maximum Gasteiger partial charge on any atom is 0.243 e. The highest BCUT2D eigenvalue weighted by Crippen LogP contribution is 2.25. The molecule has 2 atom stereocenters. The Hall–Kier alpha value is -1.26. The van der Waals surface area contributed by atoms with E-state index in [4.69, 9.17) is 0 Å². The minimum absolute atomic E-state index is 0.0527. The van der Waals surface area contributed by atoms with E-state index in [-0.39, 0.29) is 15.8 Å². The first kappa shape index (κ1) is 20.5. The molecule has 0 radical (unpaired) electrons. The van der Waals surface area contributed by atoms with E-state index in [0.717, 1.165) is 17.7 Å². The molecule has 1 aliphatic rings. The van der Waals surface area contributed by atoms with E-state index in [1.165, 1.54) is 39.9 Å². The van der Waals surface area contributed by atoms with E-state index in [2.05, 4.69) is 4.72 Å². The van der Waals surface area contributed by atoms with Gasteiger partial charge in [0.05, 0.1) is 15.8 Å². The lowest BCUT2D eigenvalue weighted by atomic mass is 10.0. The third-order valence-electron chi connectivity index (χ3n) is 4.69. The van der Waals surface area contributed by atoms with Crippen LogP contribution in [0.2, 0.25) is 0 Å². The SMILES string of the molecule is C[C@@H]1CCCN(S(=O)(=O)c2ccc(S(=O)(=O)N[C@@H](C)c3cccs3)cc2)C1. The number of sulfonamides is 2. The van der Waals surface area contributed by atoms with Gasteiger partial charge in [-0.3, -0.25) is 0 Å². The Kier molecular flexibility index (Phi) is 6.07. The number of rotatable bonds is 6. The van der Waals surface area contributed by atoms with Gasteiger partial charge in [0.25, 0.3) is 0 Å². The summed E-state index contributed by atoms with van der Waals surface area (Å²) in [6, 6.07) is 8.83. The lowest BCUT2D eigenvalue weighted by Crippen LogP contribution is -2.39. The van der Waals surface area contributed by atoms with Crippen LogP contribution in [0.1, 0.15) is 37.6 Å². The summed E-state index contributed by atoms with van der Waals surface area (Å²) in [5, 5.41) is 1.89. The van der Waals surface area contributed by atoms with Crippen LogP contribution in [0.3, 0.4) is 0 Å². The van der Waals surface area contributed by atoms with Gasteiger partial charge in [-0.05, 0) is 61.4 Å². The van der Waals surface area contributed by atoms with Gasteiger partial charge < -0.3 is 0 Å². The van der Waals surface area contributed by atoms with E-state index >= 15 is 0 Å². The van der Waals surface area contributed by atoms with Crippen molar-refractivity contribution in [3.8, 4) is 0 Å². The van der Waals surface area contributed by atoms with Gasteiger partial charge in [0, 0.05) is 18.0 Å². The van der Waals surface area contributed by atoms with Crippen LogP contribution in [-0.2, 0) is 20.0 Å². The van der Waals surface area contributed by atoms with Crippen molar-refractivity contribution >= 4 is 31.4 Å². The third kappa shape index (κ3) is 4.60. The van der Waals surface area contributed by atoms with Gasteiger partial charge in [-0.25, -0.2) is 21.6 Å². The maximum absolute atomic E-state index is 12.8. The van der Waals surface area contributed by atoms with Crippen LogP contribution in [0.25, 0.3) is 0 Å².